The molecule has 134 valence electrons. The van der Waals surface area contributed by atoms with E-state index in [9.17, 15) is 0 Å². The first kappa shape index (κ1) is 16.7. The average molecular weight is 350 g/mol. The Labute approximate surface area is 152 Å². The minimum atomic E-state index is -0.0238. The third-order valence-electron chi connectivity index (χ3n) is 4.47. The monoisotopic (exact) mass is 350 g/mol. The van der Waals surface area contributed by atoms with Crippen LogP contribution >= 0.6 is 0 Å². The lowest BCUT2D eigenvalue weighted by atomic mass is 10.2. The second kappa shape index (κ2) is 7.63. The van der Waals surface area contributed by atoms with E-state index in [1.807, 2.05) is 43.6 Å². The van der Waals surface area contributed by atoms with E-state index in [0.29, 0.717) is 6.61 Å². The molecule has 3 aromatic rings. The molecule has 4 heterocycles. The molecule has 0 aliphatic carbocycles. The minimum absolute atomic E-state index is 0.0238. The maximum absolute atomic E-state index is 5.92. The van der Waals surface area contributed by atoms with Gasteiger partial charge in [0, 0.05) is 31.7 Å². The van der Waals surface area contributed by atoms with Gasteiger partial charge in [-0.2, -0.15) is 0 Å². The van der Waals surface area contributed by atoms with E-state index < -0.39 is 0 Å². The molecule has 3 aromatic heterocycles. The molecule has 26 heavy (non-hydrogen) atoms. The molecule has 1 saturated heterocycles. The fraction of sp³-hybridized carbons (Fsp3) is 0.316. The highest BCUT2D eigenvalue weighted by atomic mass is 16.5. The molecule has 2 N–H and O–H groups in total. The average Bonchev–Trinajstić information content (AvgIpc) is 3.17. The van der Waals surface area contributed by atoms with Crippen LogP contribution in [-0.4, -0.2) is 44.5 Å². The van der Waals surface area contributed by atoms with Crippen LogP contribution in [0.5, 0.6) is 0 Å². The van der Waals surface area contributed by atoms with E-state index in [2.05, 4.69) is 30.2 Å². The number of ether oxygens (including phenoxy) is 1. The van der Waals surface area contributed by atoms with E-state index in [1.165, 1.54) is 0 Å². The molecule has 1 fully saturated rings. The Balaban J connectivity index is 1.40. The molecular formula is C19H22N6O. The predicted molar refractivity (Wildman–Crippen MR) is 99.1 cm³/mol. The summed E-state index contributed by atoms with van der Waals surface area (Å²) in [6.45, 7) is 5.22. The highest BCUT2D eigenvalue weighted by molar-refractivity contribution is 5.57. The number of nitrogens with zero attached hydrogens (tertiary/aromatic N) is 4. The topological polar surface area (TPSA) is 79.0 Å². The Hall–Kier alpha value is -2.77. The van der Waals surface area contributed by atoms with Crippen LogP contribution in [0.3, 0.4) is 0 Å². The molecule has 0 amide bonds. The van der Waals surface area contributed by atoms with Gasteiger partial charge in [-0.05, 0) is 30.7 Å². The maximum atomic E-state index is 5.92. The standard InChI is InChI=1S/C19H22N6O/c1-14-3-2-6-22-19(14)24-15-4-5-16(23-11-15)17-12-25(9-10-26-17)13-18-20-7-8-21-18/h2-8,11,17H,9-10,12-13H2,1H3,(H,20,21)(H,22,24)/t17-/m0/s1. The molecule has 7 nitrogen and oxygen atoms in total. The molecule has 1 aliphatic rings. The van der Waals surface area contributed by atoms with Gasteiger partial charge in [-0.3, -0.25) is 9.88 Å². The van der Waals surface area contributed by atoms with Crippen LogP contribution in [0.25, 0.3) is 0 Å². The smallest absolute Gasteiger partial charge is 0.133 e. The number of morpholine rings is 1. The third kappa shape index (κ3) is 3.89. The number of aryl methyl sites for hydroxylation is 1. The number of nitrogens with one attached hydrogen (secondary N) is 2. The Bertz CT molecular complexity index is 834. The summed E-state index contributed by atoms with van der Waals surface area (Å²) >= 11 is 0. The maximum Gasteiger partial charge on any atom is 0.133 e. The number of hydrogen-bond donors (Lipinski definition) is 2. The van der Waals surface area contributed by atoms with Crippen molar-refractivity contribution < 1.29 is 4.74 Å². The summed E-state index contributed by atoms with van der Waals surface area (Å²) in [5.41, 5.74) is 2.96. The molecular weight excluding hydrogens is 328 g/mol. The van der Waals surface area contributed by atoms with E-state index in [4.69, 9.17) is 4.74 Å². The van der Waals surface area contributed by atoms with Gasteiger partial charge in [-0.15, -0.1) is 0 Å². The molecule has 4 rings (SSSR count). The highest BCUT2D eigenvalue weighted by Gasteiger charge is 2.23. The molecule has 0 saturated carbocycles. The summed E-state index contributed by atoms with van der Waals surface area (Å²) in [4.78, 5) is 18.7. The number of H-pyrrole nitrogens is 1. The second-order valence-corrected chi connectivity index (χ2v) is 6.40. The van der Waals surface area contributed by atoms with Crippen LogP contribution in [0.4, 0.5) is 11.5 Å². The zero-order valence-electron chi connectivity index (χ0n) is 14.7. The predicted octanol–water partition coefficient (Wildman–Crippen LogP) is 2.83. The molecule has 1 aliphatic heterocycles. The first-order valence-electron chi connectivity index (χ1n) is 8.75. The van der Waals surface area contributed by atoms with Gasteiger partial charge in [0.25, 0.3) is 0 Å². The summed E-state index contributed by atoms with van der Waals surface area (Å²) in [6.07, 6.45) is 7.22. The molecule has 0 spiro atoms. The molecule has 7 heteroatoms. The van der Waals surface area contributed by atoms with Gasteiger partial charge in [0.1, 0.15) is 17.7 Å². The number of pyridine rings is 2. The summed E-state index contributed by atoms with van der Waals surface area (Å²) in [7, 11) is 0. The lowest BCUT2D eigenvalue weighted by Crippen LogP contribution is -2.38. The van der Waals surface area contributed by atoms with Crippen LogP contribution in [0.1, 0.15) is 23.2 Å². The van der Waals surface area contributed by atoms with Crippen molar-refractivity contribution in [3.63, 3.8) is 0 Å². The number of aromatic amines is 1. The first-order valence-corrected chi connectivity index (χ1v) is 8.75. The zero-order chi connectivity index (χ0) is 17.8. The van der Waals surface area contributed by atoms with Crippen LogP contribution in [-0.2, 0) is 11.3 Å². The van der Waals surface area contributed by atoms with E-state index in [0.717, 1.165) is 48.2 Å². The first-order chi connectivity index (χ1) is 12.8. The third-order valence-corrected chi connectivity index (χ3v) is 4.47. The largest absolute Gasteiger partial charge is 0.369 e. The van der Waals surface area contributed by atoms with Gasteiger partial charge in [0.05, 0.1) is 30.7 Å². The van der Waals surface area contributed by atoms with Crippen molar-refractivity contribution in [2.24, 2.45) is 0 Å². The Morgan fingerprint density at radius 2 is 2.19 bits per heavy atom. The molecule has 0 aromatic carbocycles. The van der Waals surface area contributed by atoms with Gasteiger partial charge >= 0.3 is 0 Å². The number of imidazole rings is 1. The van der Waals surface area contributed by atoms with Gasteiger partial charge in [-0.1, -0.05) is 6.07 Å². The van der Waals surface area contributed by atoms with Crippen LogP contribution in [0, 0.1) is 6.92 Å². The normalized spacial score (nSPS) is 18.0. The second-order valence-electron chi connectivity index (χ2n) is 6.40. The number of aromatic nitrogens is 4. The van der Waals surface area contributed by atoms with Crippen LogP contribution in [0.2, 0.25) is 0 Å². The molecule has 1 atom stereocenters. The number of hydrogen-bond acceptors (Lipinski definition) is 6. The van der Waals surface area contributed by atoms with Gasteiger partial charge in [0.2, 0.25) is 0 Å². The minimum Gasteiger partial charge on any atom is -0.369 e. The summed E-state index contributed by atoms with van der Waals surface area (Å²) in [6, 6.07) is 7.99. The van der Waals surface area contributed by atoms with Crippen molar-refractivity contribution >= 4 is 11.5 Å². The fourth-order valence-corrected chi connectivity index (χ4v) is 3.04. The van der Waals surface area contributed by atoms with Gasteiger partial charge in [0.15, 0.2) is 0 Å². The van der Waals surface area contributed by atoms with Crippen molar-refractivity contribution in [2.75, 3.05) is 25.0 Å². The van der Waals surface area contributed by atoms with Crippen molar-refractivity contribution in [2.45, 2.75) is 19.6 Å². The Morgan fingerprint density at radius 1 is 1.23 bits per heavy atom. The van der Waals surface area contributed by atoms with Crippen LogP contribution in [0.15, 0.2) is 49.1 Å². The summed E-state index contributed by atoms with van der Waals surface area (Å²) in [5, 5.41) is 3.30. The SMILES string of the molecule is Cc1cccnc1Nc1ccc([C@@H]2CN(Cc3ncc[nH]3)CCO2)nc1. The number of anilines is 2. The van der Waals surface area contributed by atoms with Crippen molar-refractivity contribution in [3.05, 3.63) is 66.1 Å². The van der Waals surface area contributed by atoms with E-state index >= 15 is 0 Å². The zero-order valence-corrected chi connectivity index (χ0v) is 14.7. The van der Waals surface area contributed by atoms with Crippen molar-refractivity contribution in [1.82, 2.24) is 24.8 Å². The molecule has 0 bridgehead atoms. The Kier molecular flexibility index (Phi) is 4.90. The summed E-state index contributed by atoms with van der Waals surface area (Å²) < 4.78 is 5.92. The lowest BCUT2D eigenvalue weighted by Gasteiger charge is -2.32. The van der Waals surface area contributed by atoms with Crippen LogP contribution < -0.4 is 5.32 Å². The quantitative estimate of drug-likeness (QED) is 0.737. The van der Waals surface area contributed by atoms with E-state index in [-0.39, 0.29) is 6.10 Å². The summed E-state index contributed by atoms with van der Waals surface area (Å²) in [5.74, 6) is 1.82. The number of rotatable bonds is 5. The Morgan fingerprint density at radius 3 is 2.96 bits per heavy atom. The molecule has 0 radical (unpaired) electrons. The van der Waals surface area contributed by atoms with Crippen molar-refractivity contribution in [1.29, 1.82) is 0 Å². The van der Waals surface area contributed by atoms with E-state index in [1.54, 1.807) is 12.4 Å². The fourth-order valence-electron chi connectivity index (χ4n) is 3.04. The van der Waals surface area contributed by atoms with Gasteiger partial charge < -0.3 is 15.0 Å². The highest BCUT2D eigenvalue weighted by Crippen LogP contribution is 2.23. The van der Waals surface area contributed by atoms with Crippen molar-refractivity contribution in [3.8, 4) is 0 Å². The van der Waals surface area contributed by atoms with Gasteiger partial charge in [-0.25, -0.2) is 9.97 Å². The molecule has 0 unspecified atom stereocenters. The lowest BCUT2D eigenvalue weighted by molar-refractivity contribution is -0.0356.